The van der Waals surface area contributed by atoms with E-state index in [1.54, 1.807) is 0 Å². The highest BCUT2D eigenvalue weighted by Gasteiger charge is 2.36. The molecule has 3 fully saturated rings. The highest BCUT2D eigenvalue weighted by Crippen LogP contribution is 2.41. The maximum atomic E-state index is 6.34. The van der Waals surface area contributed by atoms with Crippen molar-refractivity contribution in [1.82, 2.24) is 15.3 Å². The number of aromatic nitrogens is 2. The Morgan fingerprint density at radius 3 is 2.33 bits per heavy atom. The first-order chi connectivity index (χ1) is 17.4. The molecule has 3 aliphatic rings. The van der Waals surface area contributed by atoms with E-state index in [2.05, 4.69) is 58.5 Å². The third-order valence-electron chi connectivity index (χ3n) is 8.13. The van der Waals surface area contributed by atoms with Gasteiger partial charge in [-0.15, -0.1) is 0 Å². The fourth-order valence-electron chi connectivity index (χ4n) is 6.43. The predicted octanol–water partition coefficient (Wildman–Crippen LogP) is 6.01. The number of piperidine rings is 1. The van der Waals surface area contributed by atoms with Crippen molar-refractivity contribution in [1.29, 1.82) is 0 Å². The Bertz CT molecular complexity index is 1060. The van der Waals surface area contributed by atoms with E-state index in [0.717, 1.165) is 62.2 Å². The van der Waals surface area contributed by atoms with Crippen molar-refractivity contribution >= 4 is 46.5 Å². The van der Waals surface area contributed by atoms with E-state index in [-0.39, 0.29) is 5.41 Å². The Balaban J connectivity index is 1.32. The highest BCUT2D eigenvalue weighted by atomic mass is 35.5. The zero-order valence-electron chi connectivity index (χ0n) is 21.6. The van der Waals surface area contributed by atoms with Gasteiger partial charge >= 0.3 is 0 Å². The standard InChI is InChI=1S/C28H39ClN6S/c1-20-14-21(2)18-35(17-20)25-16-24(34-12-5-6-13-34)31-26(32-25)33-27(36)30-19-28(10-3-4-11-28)22-8-7-9-23(29)15-22/h7-9,15-16,20-21H,3-6,10-14,17-19H2,1-2H3,(H2,30,31,32,33,36)/t20-,21-/m1/s1. The molecule has 194 valence electrons. The Hall–Kier alpha value is -2.12. The molecule has 1 aromatic heterocycles. The van der Waals surface area contributed by atoms with Gasteiger partial charge in [0.1, 0.15) is 11.6 Å². The molecule has 2 saturated heterocycles. The first kappa shape index (κ1) is 25.5. The number of rotatable bonds is 6. The van der Waals surface area contributed by atoms with Crippen LogP contribution in [-0.4, -0.2) is 47.8 Å². The number of nitrogens with zero attached hydrogens (tertiary/aromatic N) is 4. The second-order valence-electron chi connectivity index (χ2n) is 11.3. The highest BCUT2D eigenvalue weighted by molar-refractivity contribution is 7.80. The Morgan fingerprint density at radius 1 is 1.00 bits per heavy atom. The zero-order chi connectivity index (χ0) is 25.1. The summed E-state index contributed by atoms with van der Waals surface area (Å²) in [6.07, 6.45) is 8.43. The fraction of sp³-hybridized carbons (Fsp3) is 0.607. The molecule has 2 atom stereocenters. The molecular formula is C28H39ClN6S. The van der Waals surface area contributed by atoms with Crippen LogP contribution in [0.3, 0.4) is 0 Å². The lowest BCUT2D eigenvalue weighted by Gasteiger charge is -2.36. The summed E-state index contributed by atoms with van der Waals surface area (Å²) in [6, 6.07) is 10.5. The Labute approximate surface area is 226 Å². The summed E-state index contributed by atoms with van der Waals surface area (Å²) in [6.45, 7) is 9.61. The average Bonchev–Trinajstić information content (AvgIpc) is 3.55. The van der Waals surface area contributed by atoms with E-state index in [1.807, 2.05) is 6.07 Å². The Morgan fingerprint density at radius 2 is 1.67 bits per heavy atom. The zero-order valence-corrected chi connectivity index (χ0v) is 23.2. The van der Waals surface area contributed by atoms with E-state index >= 15 is 0 Å². The lowest BCUT2D eigenvalue weighted by Crippen LogP contribution is -2.41. The number of hydrogen-bond acceptors (Lipinski definition) is 5. The molecule has 8 heteroatoms. The third-order valence-corrected chi connectivity index (χ3v) is 8.61. The Kier molecular flexibility index (Phi) is 7.87. The summed E-state index contributed by atoms with van der Waals surface area (Å²) in [7, 11) is 0. The van der Waals surface area contributed by atoms with Gasteiger partial charge in [0.15, 0.2) is 5.11 Å². The van der Waals surface area contributed by atoms with Crippen LogP contribution >= 0.6 is 23.8 Å². The smallest absolute Gasteiger partial charge is 0.232 e. The van der Waals surface area contributed by atoms with Crippen LogP contribution in [0, 0.1) is 11.8 Å². The molecule has 2 aliphatic heterocycles. The van der Waals surface area contributed by atoms with Gasteiger partial charge in [-0.25, -0.2) is 0 Å². The first-order valence-electron chi connectivity index (χ1n) is 13.6. The van der Waals surface area contributed by atoms with Crippen molar-refractivity contribution in [3.8, 4) is 0 Å². The molecule has 6 nitrogen and oxygen atoms in total. The van der Waals surface area contributed by atoms with E-state index in [1.165, 1.54) is 37.7 Å². The number of halogens is 1. The lowest BCUT2D eigenvalue weighted by atomic mass is 9.79. The summed E-state index contributed by atoms with van der Waals surface area (Å²) in [5, 5.41) is 8.20. The van der Waals surface area contributed by atoms with Gasteiger partial charge in [-0.1, -0.05) is 50.4 Å². The van der Waals surface area contributed by atoms with Crippen LogP contribution in [0.4, 0.5) is 17.6 Å². The fourth-order valence-corrected chi connectivity index (χ4v) is 6.78. The minimum absolute atomic E-state index is 0.0557. The van der Waals surface area contributed by atoms with Crippen LogP contribution < -0.4 is 20.4 Å². The number of nitrogens with one attached hydrogen (secondary N) is 2. The van der Waals surface area contributed by atoms with Crippen LogP contribution in [0.25, 0.3) is 0 Å². The number of anilines is 3. The van der Waals surface area contributed by atoms with Crippen LogP contribution in [0.2, 0.25) is 5.02 Å². The molecule has 0 spiro atoms. The van der Waals surface area contributed by atoms with Gasteiger partial charge in [0, 0.05) is 49.2 Å². The molecule has 1 saturated carbocycles. The number of benzene rings is 1. The van der Waals surface area contributed by atoms with Crippen molar-refractivity contribution in [3.05, 3.63) is 40.9 Å². The monoisotopic (exact) mass is 526 g/mol. The molecule has 0 bridgehead atoms. The van der Waals surface area contributed by atoms with Gasteiger partial charge in [0.25, 0.3) is 0 Å². The van der Waals surface area contributed by atoms with Gasteiger partial charge in [-0.3, -0.25) is 0 Å². The van der Waals surface area contributed by atoms with E-state index in [9.17, 15) is 0 Å². The molecule has 36 heavy (non-hydrogen) atoms. The lowest BCUT2D eigenvalue weighted by molar-refractivity contribution is 0.355. The molecule has 1 aromatic carbocycles. The minimum atomic E-state index is 0.0557. The number of thiocarbonyl (C=S) groups is 1. The predicted molar refractivity (Wildman–Crippen MR) is 154 cm³/mol. The third kappa shape index (κ3) is 5.88. The topological polar surface area (TPSA) is 56.3 Å². The molecule has 0 amide bonds. The summed E-state index contributed by atoms with van der Waals surface area (Å²) in [5.41, 5.74) is 1.35. The van der Waals surface area contributed by atoms with Crippen LogP contribution in [0.5, 0.6) is 0 Å². The second kappa shape index (κ2) is 11.1. The van der Waals surface area contributed by atoms with Crippen molar-refractivity contribution in [2.75, 3.05) is 47.8 Å². The molecular weight excluding hydrogens is 488 g/mol. The quantitative estimate of drug-likeness (QED) is 0.447. The maximum absolute atomic E-state index is 6.34. The van der Waals surface area contributed by atoms with Crippen molar-refractivity contribution in [3.63, 3.8) is 0 Å². The van der Waals surface area contributed by atoms with Crippen LogP contribution in [0.15, 0.2) is 30.3 Å². The van der Waals surface area contributed by atoms with Crippen molar-refractivity contribution in [2.24, 2.45) is 11.8 Å². The summed E-state index contributed by atoms with van der Waals surface area (Å²) in [5.74, 6) is 3.90. The molecule has 1 aliphatic carbocycles. The average molecular weight is 527 g/mol. The van der Waals surface area contributed by atoms with Gasteiger partial charge in [0.2, 0.25) is 5.95 Å². The van der Waals surface area contributed by atoms with Crippen molar-refractivity contribution in [2.45, 2.75) is 64.2 Å². The summed E-state index contributed by atoms with van der Waals surface area (Å²) < 4.78 is 0. The van der Waals surface area contributed by atoms with E-state index in [4.69, 9.17) is 33.8 Å². The van der Waals surface area contributed by atoms with Gasteiger partial charge < -0.3 is 20.4 Å². The van der Waals surface area contributed by atoms with Gasteiger partial charge in [0.05, 0.1) is 0 Å². The second-order valence-corrected chi connectivity index (χ2v) is 12.1. The van der Waals surface area contributed by atoms with E-state index in [0.29, 0.717) is 22.9 Å². The maximum Gasteiger partial charge on any atom is 0.232 e. The molecule has 5 rings (SSSR count). The minimum Gasteiger partial charge on any atom is -0.361 e. The van der Waals surface area contributed by atoms with Gasteiger partial charge in [-0.05, 0) is 73.9 Å². The van der Waals surface area contributed by atoms with E-state index < -0.39 is 0 Å². The van der Waals surface area contributed by atoms with Gasteiger partial charge in [-0.2, -0.15) is 9.97 Å². The van der Waals surface area contributed by atoms with Crippen molar-refractivity contribution < 1.29 is 0 Å². The number of hydrogen-bond donors (Lipinski definition) is 2. The molecule has 3 heterocycles. The SMILES string of the molecule is C[C@@H]1C[C@@H](C)CN(c2cc(N3CCCC3)nc(NC(=S)NCC3(c4cccc(Cl)c4)CCCC3)n2)C1. The molecule has 2 aromatic rings. The van der Waals surface area contributed by atoms with Crippen LogP contribution in [0.1, 0.15) is 64.4 Å². The largest absolute Gasteiger partial charge is 0.361 e. The summed E-state index contributed by atoms with van der Waals surface area (Å²) in [4.78, 5) is 14.6. The van der Waals surface area contributed by atoms with Crippen LogP contribution in [-0.2, 0) is 5.41 Å². The molecule has 0 radical (unpaired) electrons. The summed E-state index contributed by atoms with van der Waals surface area (Å²) >= 11 is 12.1. The molecule has 0 unspecified atom stereocenters. The molecule has 2 N–H and O–H groups in total. The normalized spacial score (nSPS) is 23.6. The first-order valence-corrected chi connectivity index (χ1v) is 14.4.